The molecule has 15 heavy (non-hydrogen) atoms. The summed E-state index contributed by atoms with van der Waals surface area (Å²) in [6.07, 6.45) is 4.86. The van der Waals surface area contributed by atoms with Crippen molar-refractivity contribution in [1.29, 1.82) is 0 Å². The van der Waals surface area contributed by atoms with Gasteiger partial charge in [0.15, 0.2) is 0 Å². The second-order valence-corrected chi connectivity index (χ2v) is 5.43. The molecule has 1 fully saturated rings. The van der Waals surface area contributed by atoms with Crippen molar-refractivity contribution in [2.45, 2.75) is 43.5 Å². The van der Waals surface area contributed by atoms with Crippen molar-refractivity contribution in [3.8, 4) is 0 Å². The van der Waals surface area contributed by atoms with Gasteiger partial charge in [0.2, 0.25) is 0 Å². The van der Waals surface area contributed by atoms with Gasteiger partial charge in [-0.3, -0.25) is 0 Å². The zero-order valence-corrected chi connectivity index (χ0v) is 9.85. The molecule has 3 heteroatoms. The molecule has 1 unspecified atom stereocenters. The second kappa shape index (κ2) is 4.90. The van der Waals surface area contributed by atoms with Crippen LogP contribution in [0.2, 0.25) is 0 Å². The Bertz CT molecular complexity index is 341. The molecule has 2 nitrogen and oxygen atoms in total. The minimum Gasteiger partial charge on any atom is -0.237 e. The third kappa shape index (κ3) is 2.89. The predicted molar refractivity (Wildman–Crippen MR) is 63.0 cm³/mol. The number of nitrogens with one attached hydrogen (secondary N) is 1. The zero-order valence-electron chi connectivity index (χ0n) is 9.03. The Hall–Kier alpha value is -0.670. The van der Waals surface area contributed by atoms with E-state index in [1.807, 2.05) is 31.2 Å². The lowest BCUT2D eigenvalue weighted by atomic mass is 10.2. The minimum absolute atomic E-state index is 0.451. The van der Waals surface area contributed by atoms with Gasteiger partial charge in [-0.25, -0.2) is 8.93 Å². The average Bonchev–Trinajstić information content (AvgIpc) is 2.71. The van der Waals surface area contributed by atoms with Crippen LogP contribution < -0.4 is 4.72 Å². The molecule has 0 heterocycles. The van der Waals surface area contributed by atoms with Crippen molar-refractivity contribution in [3.63, 3.8) is 0 Å². The molecule has 1 aliphatic rings. The number of benzene rings is 1. The molecule has 0 spiro atoms. The van der Waals surface area contributed by atoms with Gasteiger partial charge in [-0.1, -0.05) is 30.5 Å². The molecule has 1 saturated carbocycles. The maximum absolute atomic E-state index is 11.9. The normalized spacial score (nSPS) is 19.3. The van der Waals surface area contributed by atoms with Crippen LogP contribution in [0, 0.1) is 6.92 Å². The first-order chi connectivity index (χ1) is 7.25. The summed E-state index contributed by atoms with van der Waals surface area (Å²) in [5, 5.41) is 0. The second-order valence-electron chi connectivity index (χ2n) is 4.18. The van der Waals surface area contributed by atoms with Crippen LogP contribution in [0.5, 0.6) is 0 Å². The van der Waals surface area contributed by atoms with E-state index >= 15 is 0 Å². The summed E-state index contributed by atoms with van der Waals surface area (Å²) < 4.78 is 15.1. The number of aryl methyl sites for hydroxylation is 1. The maximum atomic E-state index is 11.9. The lowest BCUT2D eigenvalue weighted by molar-refractivity contribution is 0.617. The Kier molecular flexibility index (Phi) is 3.54. The van der Waals surface area contributed by atoms with Gasteiger partial charge in [0, 0.05) is 6.04 Å². The highest BCUT2D eigenvalue weighted by Gasteiger charge is 2.17. The molecule has 0 amide bonds. The van der Waals surface area contributed by atoms with Gasteiger partial charge in [0.05, 0.1) is 4.90 Å². The van der Waals surface area contributed by atoms with E-state index in [4.69, 9.17) is 0 Å². The quantitative estimate of drug-likeness (QED) is 0.838. The van der Waals surface area contributed by atoms with Gasteiger partial charge in [-0.15, -0.1) is 0 Å². The molecule has 1 aliphatic carbocycles. The molecule has 82 valence electrons. The lowest BCUT2D eigenvalue weighted by Gasteiger charge is -2.10. The molecule has 2 rings (SSSR count). The molecule has 1 N–H and O–H groups in total. The van der Waals surface area contributed by atoms with E-state index < -0.39 is 11.0 Å². The van der Waals surface area contributed by atoms with Crippen molar-refractivity contribution in [2.75, 3.05) is 0 Å². The van der Waals surface area contributed by atoms with Crippen LogP contribution in [-0.4, -0.2) is 10.3 Å². The van der Waals surface area contributed by atoms with Crippen molar-refractivity contribution in [2.24, 2.45) is 0 Å². The molecule has 1 aromatic rings. The van der Waals surface area contributed by atoms with Crippen LogP contribution in [-0.2, 0) is 11.0 Å². The summed E-state index contributed by atoms with van der Waals surface area (Å²) in [4.78, 5) is 0.882. The Balaban J connectivity index is 1.98. The fraction of sp³-hybridized carbons (Fsp3) is 0.500. The largest absolute Gasteiger partial charge is 0.237 e. The van der Waals surface area contributed by atoms with Gasteiger partial charge < -0.3 is 0 Å². The fourth-order valence-electron chi connectivity index (χ4n) is 1.92. The van der Waals surface area contributed by atoms with Crippen molar-refractivity contribution in [1.82, 2.24) is 4.72 Å². The first-order valence-electron chi connectivity index (χ1n) is 5.50. The molecule has 1 aromatic carbocycles. The van der Waals surface area contributed by atoms with Gasteiger partial charge in [0.25, 0.3) is 0 Å². The number of hydrogen-bond donors (Lipinski definition) is 1. The highest BCUT2D eigenvalue weighted by molar-refractivity contribution is 7.83. The Morgan fingerprint density at radius 3 is 2.40 bits per heavy atom. The molecular formula is C12H17NOS. The highest BCUT2D eigenvalue weighted by Crippen LogP contribution is 2.19. The highest BCUT2D eigenvalue weighted by atomic mass is 32.2. The van der Waals surface area contributed by atoms with E-state index in [0.29, 0.717) is 6.04 Å². The zero-order chi connectivity index (χ0) is 10.7. The Morgan fingerprint density at radius 1 is 1.20 bits per heavy atom. The van der Waals surface area contributed by atoms with E-state index in [9.17, 15) is 4.21 Å². The van der Waals surface area contributed by atoms with Crippen LogP contribution in [0.3, 0.4) is 0 Å². The summed E-state index contributed by atoms with van der Waals surface area (Å²) in [7, 11) is -1.03. The molecule has 0 aliphatic heterocycles. The Morgan fingerprint density at radius 2 is 1.80 bits per heavy atom. The fourth-order valence-corrected chi connectivity index (χ4v) is 2.98. The molecule has 1 atom stereocenters. The van der Waals surface area contributed by atoms with E-state index in [-0.39, 0.29) is 0 Å². The first-order valence-corrected chi connectivity index (χ1v) is 6.65. The van der Waals surface area contributed by atoms with Crippen molar-refractivity contribution in [3.05, 3.63) is 29.8 Å². The minimum atomic E-state index is -1.03. The predicted octanol–water partition coefficient (Wildman–Crippen LogP) is 2.55. The Labute approximate surface area is 93.7 Å². The summed E-state index contributed by atoms with van der Waals surface area (Å²) in [5.41, 5.74) is 1.21. The number of hydrogen-bond acceptors (Lipinski definition) is 1. The SMILES string of the molecule is Cc1ccc(S(=O)NC2CCCC2)cc1. The van der Waals surface area contributed by atoms with E-state index in [1.54, 1.807) is 0 Å². The smallest absolute Gasteiger partial charge is 0.125 e. The van der Waals surface area contributed by atoms with Crippen molar-refractivity contribution >= 4 is 11.0 Å². The summed E-state index contributed by atoms with van der Waals surface area (Å²) >= 11 is 0. The summed E-state index contributed by atoms with van der Waals surface area (Å²) in [6, 6.07) is 8.33. The van der Waals surface area contributed by atoms with Gasteiger partial charge >= 0.3 is 0 Å². The monoisotopic (exact) mass is 223 g/mol. The third-order valence-corrected chi connectivity index (χ3v) is 4.11. The van der Waals surface area contributed by atoms with Crippen molar-refractivity contribution < 1.29 is 4.21 Å². The van der Waals surface area contributed by atoms with E-state index in [1.165, 1.54) is 18.4 Å². The third-order valence-electron chi connectivity index (χ3n) is 2.86. The molecule has 0 aromatic heterocycles. The molecular weight excluding hydrogens is 206 g/mol. The lowest BCUT2D eigenvalue weighted by Crippen LogP contribution is -2.27. The van der Waals surface area contributed by atoms with E-state index in [0.717, 1.165) is 17.7 Å². The standard InChI is InChI=1S/C12H17NOS/c1-10-6-8-12(9-7-10)15(14)13-11-4-2-3-5-11/h6-9,11,13H,2-5H2,1H3. The van der Waals surface area contributed by atoms with Crippen LogP contribution in [0.1, 0.15) is 31.2 Å². The summed E-state index contributed by atoms with van der Waals surface area (Å²) in [6.45, 7) is 2.04. The van der Waals surface area contributed by atoms with Gasteiger partial charge in [-0.2, -0.15) is 0 Å². The molecule has 0 saturated heterocycles. The number of rotatable bonds is 3. The van der Waals surface area contributed by atoms with E-state index in [2.05, 4.69) is 4.72 Å². The van der Waals surface area contributed by atoms with Crippen LogP contribution in [0.15, 0.2) is 29.2 Å². The van der Waals surface area contributed by atoms with Crippen LogP contribution in [0.4, 0.5) is 0 Å². The van der Waals surface area contributed by atoms with Gasteiger partial charge in [0.1, 0.15) is 11.0 Å². The van der Waals surface area contributed by atoms with Gasteiger partial charge in [-0.05, 0) is 31.9 Å². The topological polar surface area (TPSA) is 29.1 Å². The maximum Gasteiger partial charge on any atom is 0.125 e. The average molecular weight is 223 g/mol. The molecule has 0 bridgehead atoms. The van der Waals surface area contributed by atoms with Crippen LogP contribution in [0.25, 0.3) is 0 Å². The summed E-state index contributed by atoms with van der Waals surface area (Å²) in [5.74, 6) is 0. The molecule has 0 radical (unpaired) electrons. The van der Waals surface area contributed by atoms with Crippen LogP contribution >= 0.6 is 0 Å². The first kappa shape index (κ1) is 10.8.